The van der Waals surface area contributed by atoms with Crippen molar-refractivity contribution in [1.29, 1.82) is 0 Å². The van der Waals surface area contributed by atoms with Gasteiger partial charge in [0.05, 0.1) is 6.61 Å². The van der Waals surface area contributed by atoms with Gasteiger partial charge in [0.1, 0.15) is 11.3 Å². The van der Waals surface area contributed by atoms with Crippen LogP contribution >= 0.6 is 15.9 Å². The molecule has 0 aliphatic heterocycles. The predicted molar refractivity (Wildman–Crippen MR) is 88.9 cm³/mol. The van der Waals surface area contributed by atoms with Gasteiger partial charge in [0, 0.05) is 15.8 Å². The van der Waals surface area contributed by atoms with Crippen LogP contribution < -0.4 is 15.8 Å². The number of aryl methyl sites for hydroxylation is 1. The minimum absolute atomic E-state index is 0.283. The van der Waals surface area contributed by atoms with Crippen LogP contribution in [-0.2, 0) is 0 Å². The van der Waals surface area contributed by atoms with Crippen molar-refractivity contribution in [3.63, 3.8) is 0 Å². The maximum Gasteiger partial charge on any atom is 0.261 e. The van der Waals surface area contributed by atoms with E-state index < -0.39 is 0 Å². The first kappa shape index (κ1) is 15.4. The third kappa shape index (κ3) is 3.76. The Morgan fingerprint density at radius 2 is 2.10 bits per heavy atom. The molecule has 0 spiro atoms. The highest BCUT2D eigenvalue weighted by atomic mass is 79.9. The molecule has 0 bridgehead atoms. The van der Waals surface area contributed by atoms with Gasteiger partial charge >= 0.3 is 0 Å². The Hall–Kier alpha value is -2.01. The summed E-state index contributed by atoms with van der Waals surface area (Å²) in [4.78, 5) is 12.5. The highest BCUT2D eigenvalue weighted by Crippen LogP contribution is 2.26. The molecule has 1 amide bonds. The zero-order valence-corrected chi connectivity index (χ0v) is 13.5. The molecule has 3 N–H and O–H groups in total. The van der Waals surface area contributed by atoms with E-state index in [1.807, 2.05) is 32.0 Å². The normalized spacial score (nSPS) is 10.2. The molecule has 110 valence electrons. The van der Waals surface area contributed by atoms with Crippen molar-refractivity contribution in [2.75, 3.05) is 17.7 Å². The van der Waals surface area contributed by atoms with Crippen molar-refractivity contribution in [2.45, 2.75) is 13.8 Å². The zero-order chi connectivity index (χ0) is 15.4. The fourth-order valence-electron chi connectivity index (χ4n) is 2.07. The number of ether oxygens (including phenoxy) is 1. The highest BCUT2D eigenvalue weighted by molar-refractivity contribution is 9.10. The summed E-state index contributed by atoms with van der Waals surface area (Å²) < 4.78 is 6.38. The Bertz CT molecular complexity index is 651. The number of amides is 1. The number of nitrogen functional groups attached to an aromatic ring is 1. The number of hydrogen-bond donors (Lipinski definition) is 2. The number of nitrogens with one attached hydrogen (secondary N) is 1. The minimum Gasteiger partial charge on any atom is -0.493 e. The van der Waals surface area contributed by atoms with Crippen LogP contribution in [0.4, 0.5) is 11.4 Å². The van der Waals surface area contributed by atoms with Crippen LogP contribution in [0.25, 0.3) is 0 Å². The molecule has 0 saturated heterocycles. The SMILES string of the molecule is CCOc1cccc(N)c1C(=O)Nc1cc(C)cc(Br)c1. The Morgan fingerprint density at radius 3 is 2.76 bits per heavy atom. The van der Waals surface area contributed by atoms with Crippen LogP contribution in [0.1, 0.15) is 22.8 Å². The van der Waals surface area contributed by atoms with Crippen molar-refractivity contribution in [3.8, 4) is 5.75 Å². The molecule has 2 aromatic carbocycles. The van der Waals surface area contributed by atoms with Crippen LogP contribution in [0.2, 0.25) is 0 Å². The number of rotatable bonds is 4. The van der Waals surface area contributed by atoms with Crippen molar-refractivity contribution in [3.05, 3.63) is 52.0 Å². The second kappa shape index (κ2) is 6.63. The first-order chi connectivity index (χ1) is 10.0. The van der Waals surface area contributed by atoms with Crippen molar-refractivity contribution in [1.82, 2.24) is 0 Å². The van der Waals surface area contributed by atoms with Crippen LogP contribution in [0.15, 0.2) is 40.9 Å². The van der Waals surface area contributed by atoms with E-state index in [-0.39, 0.29) is 5.91 Å². The average molecular weight is 349 g/mol. The minimum atomic E-state index is -0.283. The molecule has 0 aliphatic rings. The highest BCUT2D eigenvalue weighted by Gasteiger charge is 2.16. The van der Waals surface area contributed by atoms with Gasteiger partial charge in [-0.25, -0.2) is 0 Å². The number of halogens is 1. The third-order valence-corrected chi connectivity index (χ3v) is 3.34. The first-order valence-corrected chi connectivity index (χ1v) is 7.40. The van der Waals surface area contributed by atoms with E-state index in [2.05, 4.69) is 21.2 Å². The van der Waals surface area contributed by atoms with E-state index in [0.29, 0.717) is 29.3 Å². The second-order valence-corrected chi connectivity index (χ2v) is 5.54. The lowest BCUT2D eigenvalue weighted by Crippen LogP contribution is -2.16. The second-order valence-electron chi connectivity index (χ2n) is 4.62. The summed E-state index contributed by atoms with van der Waals surface area (Å²) in [6, 6.07) is 10.9. The van der Waals surface area contributed by atoms with E-state index in [9.17, 15) is 4.79 Å². The molecule has 0 unspecified atom stereocenters. The number of benzene rings is 2. The molecule has 0 fully saturated rings. The van der Waals surface area contributed by atoms with Crippen LogP contribution in [0, 0.1) is 6.92 Å². The van der Waals surface area contributed by atoms with Gasteiger partial charge in [-0.05, 0) is 49.7 Å². The zero-order valence-electron chi connectivity index (χ0n) is 11.9. The van der Waals surface area contributed by atoms with E-state index in [1.165, 1.54) is 0 Å². The van der Waals surface area contributed by atoms with E-state index >= 15 is 0 Å². The summed E-state index contributed by atoms with van der Waals surface area (Å²) in [7, 11) is 0. The number of carbonyl (C=O) groups excluding carboxylic acids is 1. The summed E-state index contributed by atoms with van der Waals surface area (Å²) in [5.74, 6) is 0.204. The topological polar surface area (TPSA) is 64.3 Å². The van der Waals surface area contributed by atoms with Gasteiger partial charge in [0.15, 0.2) is 0 Å². The molecule has 2 aromatic rings. The molecule has 5 heteroatoms. The Morgan fingerprint density at radius 1 is 1.33 bits per heavy atom. The first-order valence-electron chi connectivity index (χ1n) is 6.61. The lowest BCUT2D eigenvalue weighted by atomic mass is 10.1. The van der Waals surface area contributed by atoms with Crippen LogP contribution in [0.5, 0.6) is 5.75 Å². The molecular weight excluding hydrogens is 332 g/mol. The lowest BCUT2D eigenvalue weighted by molar-refractivity contribution is 0.102. The van der Waals surface area contributed by atoms with Gasteiger partial charge in [-0.15, -0.1) is 0 Å². The Balaban J connectivity index is 2.32. The summed E-state index contributed by atoms with van der Waals surface area (Å²) in [5.41, 5.74) is 8.42. The van der Waals surface area contributed by atoms with Gasteiger partial charge in [-0.2, -0.15) is 0 Å². The van der Waals surface area contributed by atoms with Gasteiger partial charge < -0.3 is 15.8 Å². The Labute approximate surface area is 132 Å². The van der Waals surface area contributed by atoms with E-state index in [1.54, 1.807) is 18.2 Å². The lowest BCUT2D eigenvalue weighted by Gasteiger charge is -2.13. The molecule has 0 aromatic heterocycles. The van der Waals surface area contributed by atoms with E-state index in [4.69, 9.17) is 10.5 Å². The quantitative estimate of drug-likeness (QED) is 0.821. The van der Waals surface area contributed by atoms with Crippen molar-refractivity contribution >= 4 is 33.2 Å². The summed E-state index contributed by atoms with van der Waals surface area (Å²) in [6.07, 6.45) is 0. The molecule has 2 rings (SSSR count). The molecule has 0 radical (unpaired) electrons. The van der Waals surface area contributed by atoms with Crippen molar-refractivity contribution < 1.29 is 9.53 Å². The number of hydrogen-bond acceptors (Lipinski definition) is 3. The molecule has 0 heterocycles. The predicted octanol–water partition coefficient (Wildman–Crippen LogP) is 3.99. The van der Waals surface area contributed by atoms with Gasteiger partial charge in [0.25, 0.3) is 5.91 Å². The maximum atomic E-state index is 12.5. The molecular formula is C16H17BrN2O2. The monoisotopic (exact) mass is 348 g/mol. The molecule has 0 aliphatic carbocycles. The maximum absolute atomic E-state index is 12.5. The number of nitrogens with two attached hydrogens (primary N) is 1. The molecule has 4 nitrogen and oxygen atoms in total. The standard InChI is InChI=1S/C16H17BrN2O2/c1-3-21-14-6-4-5-13(18)15(14)16(20)19-12-8-10(2)7-11(17)9-12/h4-9H,3,18H2,1-2H3,(H,19,20). The smallest absolute Gasteiger partial charge is 0.261 e. The van der Waals surface area contributed by atoms with Gasteiger partial charge in [-0.1, -0.05) is 22.0 Å². The van der Waals surface area contributed by atoms with Crippen LogP contribution in [0.3, 0.4) is 0 Å². The number of anilines is 2. The van der Waals surface area contributed by atoms with Gasteiger partial charge in [-0.3, -0.25) is 4.79 Å². The summed E-state index contributed by atoms with van der Waals surface area (Å²) >= 11 is 3.41. The molecule has 0 saturated carbocycles. The average Bonchev–Trinajstić information content (AvgIpc) is 2.37. The van der Waals surface area contributed by atoms with Crippen LogP contribution in [-0.4, -0.2) is 12.5 Å². The van der Waals surface area contributed by atoms with E-state index in [0.717, 1.165) is 10.0 Å². The summed E-state index contributed by atoms with van der Waals surface area (Å²) in [6.45, 7) is 4.30. The largest absolute Gasteiger partial charge is 0.493 e. The number of carbonyl (C=O) groups is 1. The Kier molecular flexibility index (Phi) is 4.85. The summed E-state index contributed by atoms with van der Waals surface area (Å²) in [5, 5.41) is 2.85. The fourth-order valence-corrected chi connectivity index (χ4v) is 2.68. The van der Waals surface area contributed by atoms with Gasteiger partial charge in [0.2, 0.25) is 0 Å². The fraction of sp³-hybridized carbons (Fsp3) is 0.188. The molecule has 0 atom stereocenters. The molecule has 21 heavy (non-hydrogen) atoms. The van der Waals surface area contributed by atoms with Crippen molar-refractivity contribution in [2.24, 2.45) is 0 Å². The third-order valence-electron chi connectivity index (χ3n) is 2.89.